The van der Waals surface area contributed by atoms with Crippen molar-refractivity contribution in [3.8, 4) is 11.5 Å². The normalized spacial score (nSPS) is 10.4. The van der Waals surface area contributed by atoms with Gasteiger partial charge in [-0.25, -0.2) is 0 Å². The Balaban J connectivity index is 2.54. The second-order valence-corrected chi connectivity index (χ2v) is 5.98. The number of hydrogen-bond donors (Lipinski definition) is 0. The van der Waals surface area contributed by atoms with E-state index in [9.17, 15) is 9.59 Å². The van der Waals surface area contributed by atoms with Crippen LogP contribution in [-0.4, -0.2) is 49.7 Å². The van der Waals surface area contributed by atoms with Crippen LogP contribution in [0.15, 0.2) is 24.3 Å². The second kappa shape index (κ2) is 11.3. The van der Waals surface area contributed by atoms with E-state index >= 15 is 0 Å². The highest BCUT2D eigenvalue weighted by Gasteiger charge is 2.17. The van der Waals surface area contributed by atoms with Crippen molar-refractivity contribution in [1.29, 1.82) is 0 Å². The predicted molar refractivity (Wildman–Crippen MR) is 95.8 cm³/mol. The molecule has 25 heavy (non-hydrogen) atoms. The molecule has 0 atom stereocenters. The first-order chi connectivity index (χ1) is 12.0. The molecular formula is C19H29NO5. The maximum Gasteiger partial charge on any atom is 0.307 e. The lowest BCUT2D eigenvalue weighted by Gasteiger charge is -2.24. The Morgan fingerprint density at radius 1 is 1.00 bits per heavy atom. The van der Waals surface area contributed by atoms with Crippen molar-refractivity contribution in [3.63, 3.8) is 0 Å². The van der Waals surface area contributed by atoms with Crippen LogP contribution in [-0.2, 0) is 14.3 Å². The first kappa shape index (κ1) is 20.8. The maximum absolute atomic E-state index is 12.4. The number of carbonyl (C=O) groups is 2. The quantitative estimate of drug-likeness (QED) is 0.574. The Hall–Kier alpha value is -2.24. The molecule has 1 amide bonds. The third kappa shape index (κ3) is 8.42. The molecule has 0 bridgehead atoms. The summed E-state index contributed by atoms with van der Waals surface area (Å²) in [5, 5.41) is 0. The zero-order valence-corrected chi connectivity index (χ0v) is 15.6. The molecule has 0 aliphatic rings. The minimum atomic E-state index is -0.295. The smallest absolute Gasteiger partial charge is 0.307 e. The van der Waals surface area contributed by atoms with Crippen molar-refractivity contribution in [2.75, 3.05) is 32.9 Å². The lowest BCUT2D eigenvalue weighted by Crippen LogP contribution is -2.39. The first-order valence-corrected chi connectivity index (χ1v) is 8.75. The molecule has 0 spiro atoms. The van der Waals surface area contributed by atoms with Crippen LogP contribution in [0.1, 0.15) is 34.1 Å². The third-order valence-corrected chi connectivity index (χ3v) is 3.33. The van der Waals surface area contributed by atoms with Crippen LogP contribution >= 0.6 is 0 Å². The van der Waals surface area contributed by atoms with Gasteiger partial charge in [0.15, 0.2) is 6.61 Å². The average molecular weight is 351 g/mol. The van der Waals surface area contributed by atoms with Gasteiger partial charge in [0.1, 0.15) is 11.5 Å². The molecule has 1 aromatic carbocycles. The summed E-state index contributed by atoms with van der Waals surface area (Å²) in [6, 6.07) is 7.14. The lowest BCUT2D eigenvalue weighted by atomic mass is 10.2. The van der Waals surface area contributed by atoms with Gasteiger partial charge < -0.3 is 19.1 Å². The van der Waals surface area contributed by atoms with Gasteiger partial charge in [-0.05, 0) is 44.0 Å². The molecule has 6 heteroatoms. The van der Waals surface area contributed by atoms with Gasteiger partial charge in [0.2, 0.25) is 0 Å². The van der Waals surface area contributed by atoms with Crippen molar-refractivity contribution in [3.05, 3.63) is 24.3 Å². The predicted octanol–water partition coefficient (Wildman–Crippen LogP) is 2.90. The standard InChI is InChI=1S/C19H29NO5/c1-5-23-16-7-9-17(10-8-16)25-14-18(21)20(13-15(3)4)12-11-19(22)24-6-2/h7-10,15H,5-6,11-14H2,1-4H3. The van der Waals surface area contributed by atoms with Crippen LogP contribution in [0.2, 0.25) is 0 Å². The fourth-order valence-electron chi connectivity index (χ4n) is 2.25. The third-order valence-electron chi connectivity index (χ3n) is 3.33. The highest BCUT2D eigenvalue weighted by Crippen LogP contribution is 2.17. The summed E-state index contributed by atoms with van der Waals surface area (Å²) in [6.07, 6.45) is 0.190. The average Bonchev–Trinajstić information content (AvgIpc) is 2.58. The van der Waals surface area contributed by atoms with E-state index < -0.39 is 0 Å². The van der Waals surface area contributed by atoms with Crippen molar-refractivity contribution in [1.82, 2.24) is 4.90 Å². The van der Waals surface area contributed by atoms with Crippen LogP contribution in [0.5, 0.6) is 11.5 Å². The van der Waals surface area contributed by atoms with Crippen LogP contribution in [0.4, 0.5) is 0 Å². The van der Waals surface area contributed by atoms with Crippen LogP contribution < -0.4 is 9.47 Å². The summed E-state index contributed by atoms with van der Waals surface area (Å²) in [6.45, 7) is 9.52. The zero-order valence-electron chi connectivity index (χ0n) is 15.6. The topological polar surface area (TPSA) is 65.1 Å². The van der Waals surface area contributed by atoms with Crippen molar-refractivity contribution >= 4 is 11.9 Å². The van der Waals surface area contributed by atoms with Gasteiger partial charge in [0.25, 0.3) is 5.91 Å². The molecule has 6 nitrogen and oxygen atoms in total. The summed E-state index contributed by atoms with van der Waals surface area (Å²) in [5.74, 6) is 1.23. The van der Waals surface area contributed by atoms with Gasteiger partial charge in [0.05, 0.1) is 19.6 Å². The molecule has 1 aromatic rings. The molecule has 0 unspecified atom stereocenters. The fraction of sp³-hybridized carbons (Fsp3) is 0.579. The molecule has 0 N–H and O–H groups in total. The summed E-state index contributed by atoms with van der Waals surface area (Å²) in [5.41, 5.74) is 0. The molecule has 0 fully saturated rings. The maximum atomic E-state index is 12.4. The monoisotopic (exact) mass is 351 g/mol. The summed E-state index contributed by atoms with van der Waals surface area (Å²) < 4.78 is 15.8. The molecular weight excluding hydrogens is 322 g/mol. The molecule has 0 heterocycles. The number of benzene rings is 1. The van der Waals surface area contributed by atoms with Crippen molar-refractivity contribution in [2.24, 2.45) is 5.92 Å². The van der Waals surface area contributed by atoms with Gasteiger partial charge in [0, 0.05) is 13.1 Å². The van der Waals surface area contributed by atoms with E-state index in [1.54, 1.807) is 36.1 Å². The largest absolute Gasteiger partial charge is 0.494 e. The fourth-order valence-corrected chi connectivity index (χ4v) is 2.25. The number of ether oxygens (including phenoxy) is 3. The molecule has 0 aliphatic carbocycles. The minimum Gasteiger partial charge on any atom is -0.494 e. The number of rotatable bonds is 11. The van der Waals surface area contributed by atoms with Gasteiger partial charge in [-0.2, -0.15) is 0 Å². The van der Waals surface area contributed by atoms with E-state index in [0.717, 1.165) is 5.75 Å². The zero-order chi connectivity index (χ0) is 18.7. The van der Waals surface area contributed by atoms with E-state index in [-0.39, 0.29) is 24.9 Å². The van der Waals surface area contributed by atoms with Crippen LogP contribution in [0, 0.1) is 5.92 Å². The highest BCUT2D eigenvalue weighted by atomic mass is 16.5. The number of esters is 1. The highest BCUT2D eigenvalue weighted by molar-refractivity contribution is 5.78. The number of amides is 1. The lowest BCUT2D eigenvalue weighted by molar-refractivity contribution is -0.144. The van der Waals surface area contributed by atoms with Crippen LogP contribution in [0.25, 0.3) is 0 Å². The SMILES string of the molecule is CCOC(=O)CCN(CC(C)C)C(=O)COc1ccc(OCC)cc1. The van der Waals surface area contributed by atoms with Gasteiger partial charge in [-0.3, -0.25) is 9.59 Å². The minimum absolute atomic E-state index is 0.0659. The van der Waals surface area contributed by atoms with Crippen molar-refractivity contribution < 1.29 is 23.8 Å². The Morgan fingerprint density at radius 2 is 1.60 bits per heavy atom. The van der Waals surface area contributed by atoms with Crippen molar-refractivity contribution in [2.45, 2.75) is 34.1 Å². The molecule has 0 aromatic heterocycles. The molecule has 0 radical (unpaired) electrons. The summed E-state index contributed by atoms with van der Waals surface area (Å²) in [4.78, 5) is 25.6. The summed E-state index contributed by atoms with van der Waals surface area (Å²) in [7, 11) is 0. The number of hydrogen-bond acceptors (Lipinski definition) is 5. The number of carbonyl (C=O) groups excluding carboxylic acids is 2. The van der Waals surface area contributed by atoms with E-state index in [4.69, 9.17) is 14.2 Å². The van der Waals surface area contributed by atoms with E-state index in [2.05, 4.69) is 0 Å². The molecule has 0 saturated carbocycles. The van der Waals surface area contributed by atoms with E-state index in [0.29, 0.717) is 38.0 Å². The Bertz CT molecular complexity index is 527. The van der Waals surface area contributed by atoms with Gasteiger partial charge in [-0.1, -0.05) is 13.8 Å². The van der Waals surface area contributed by atoms with Gasteiger partial charge >= 0.3 is 5.97 Å². The molecule has 140 valence electrons. The first-order valence-electron chi connectivity index (χ1n) is 8.75. The molecule has 0 saturated heterocycles. The Morgan fingerprint density at radius 3 is 2.12 bits per heavy atom. The second-order valence-electron chi connectivity index (χ2n) is 5.98. The number of nitrogens with zero attached hydrogens (tertiary/aromatic N) is 1. The Labute approximate surface area is 150 Å². The van der Waals surface area contributed by atoms with Gasteiger partial charge in [-0.15, -0.1) is 0 Å². The summed E-state index contributed by atoms with van der Waals surface area (Å²) >= 11 is 0. The molecule has 1 rings (SSSR count). The van der Waals surface area contributed by atoms with Crippen LogP contribution in [0.3, 0.4) is 0 Å². The molecule has 0 aliphatic heterocycles. The van der Waals surface area contributed by atoms with E-state index in [1.807, 2.05) is 20.8 Å². The Kier molecular flexibility index (Phi) is 9.43. The van der Waals surface area contributed by atoms with E-state index in [1.165, 1.54) is 0 Å².